The number of halogens is 1. The Hall–Kier alpha value is -2.28. The third-order valence-corrected chi connectivity index (χ3v) is 6.53. The van der Waals surface area contributed by atoms with Crippen molar-refractivity contribution in [2.75, 3.05) is 38.5 Å². The minimum atomic E-state index is -3.75. The monoisotopic (exact) mass is 458 g/mol. The lowest BCUT2D eigenvalue weighted by Crippen LogP contribution is -2.39. The molecule has 0 radical (unpaired) electrons. The van der Waals surface area contributed by atoms with Gasteiger partial charge in [0.15, 0.2) is 11.6 Å². The van der Waals surface area contributed by atoms with E-state index in [0.29, 0.717) is 18.1 Å². The van der Waals surface area contributed by atoms with Crippen LogP contribution in [-0.4, -0.2) is 74.1 Å². The Morgan fingerprint density at radius 1 is 1.35 bits per heavy atom. The van der Waals surface area contributed by atoms with E-state index in [9.17, 15) is 27.6 Å². The summed E-state index contributed by atoms with van der Waals surface area (Å²) in [6.45, 7) is 1.87. The van der Waals surface area contributed by atoms with Crippen molar-refractivity contribution in [3.8, 4) is 5.75 Å². The van der Waals surface area contributed by atoms with Gasteiger partial charge in [-0.05, 0) is 43.4 Å². The fourth-order valence-electron chi connectivity index (χ4n) is 3.03. The summed E-state index contributed by atoms with van der Waals surface area (Å²) in [5.74, 6) is -0.742. The maximum Gasteiger partial charge on any atom is 0.324 e. The number of nitrogens with zero attached hydrogens (tertiary/aromatic N) is 2. The van der Waals surface area contributed by atoms with E-state index < -0.39 is 33.8 Å². The Morgan fingerprint density at radius 3 is 2.74 bits per heavy atom. The molecule has 1 aliphatic heterocycles. The molecule has 10 nitrogen and oxygen atoms in total. The molecule has 1 atom stereocenters. The molecule has 1 saturated carbocycles. The first kappa shape index (κ1) is 23.4. The number of carbonyl (C=O) groups is 2. The summed E-state index contributed by atoms with van der Waals surface area (Å²) in [5, 5.41) is 12.8. The fraction of sp³-hybridized carbons (Fsp3) is 0.579. The van der Waals surface area contributed by atoms with Gasteiger partial charge in [-0.1, -0.05) is 6.07 Å². The summed E-state index contributed by atoms with van der Waals surface area (Å²) < 4.78 is 46.7. The van der Waals surface area contributed by atoms with Crippen LogP contribution in [0, 0.1) is 11.7 Å². The van der Waals surface area contributed by atoms with Gasteiger partial charge in [-0.2, -0.15) is 5.06 Å². The van der Waals surface area contributed by atoms with Gasteiger partial charge in [0, 0.05) is 25.7 Å². The number of urea groups is 1. The van der Waals surface area contributed by atoms with Crippen molar-refractivity contribution in [3.63, 3.8) is 0 Å². The van der Waals surface area contributed by atoms with Crippen LogP contribution in [0.1, 0.15) is 31.4 Å². The number of hydroxylamine groups is 2. The third-order valence-electron chi connectivity index (χ3n) is 5.10. The van der Waals surface area contributed by atoms with Crippen molar-refractivity contribution in [2.45, 2.75) is 25.8 Å². The van der Waals surface area contributed by atoms with Crippen molar-refractivity contribution in [1.29, 1.82) is 0 Å². The summed E-state index contributed by atoms with van der Waals surface area (Å²) in [4.78, 5) is 23.8. The van der Waals surface area contributed by atoms with E-state index in [-0.39, 0.29) is 37.7 Å². The van der Waals surface area contributed by atoms with Crippen molar-refractivity contribution in [3.05, 3.63) is 29.6 Å². The van der Waals surface area contributed by atoms with Crippen LogP contribution < -0.4 is 14.8 Å². The third kappa shape index (κ3) is 7.13. The number of nitrogens with one attached hydrogen (secondary N) is 2. The molecule has 3 amide bonds. The van der Waals surface area contributed by atoms with E-state index in [1.807, 2.05) is 0 Å². The molecule has 0 bridgehead atoms. The molecular weight excluding hydrogens is 431 g/mol. The highest BCUT2D eigenvalue weighted by molar-refractivity contribution is 7.89. The van der Waals surface area contributed by atoms with Gasteiger partial charge >= 0.3 is 6.03 Å². The van der Waals surface area contributed by atoms with E-state index in [0.717, 1.165) is 17.9 Å². The molecule has 1 heterocycles. The van der Waals surface area contributed by atoms with Crippen LogP contribution in [0.15, 0.2) is 18.2 Å². The van der Waals surface area contributed by atoms with Gasteiger partial charge in [0.25, 0.3) is 0 Å². The van der Waals surface area contributed by atoms with Crippen molar-refractivity contribution < 1.29 is 32.3 Å². The number of benzene rings is 1. The predicted octanol–water partition coefficient (Wildman–Crippen LogP) is 0.838. The van der Waals surface area contributed by atoms with Crippen LogP contribution >= 0.6 is 0 Å². The lowest BCUT2D eigenvalue weighted by molar-refractivity contribution is -0.118. The van der Waals surface area contributed by atoms with Gasteiger partial charge in [-0.3, -0.25) is 10.1 Å². The molecule has 0 spiro atoms. The van der Waals surface area contributed by atoms with Gasteiger partial charge in [0.05, 0.1) is 12.4 Å². The Labute approximate surface area is 180 Å². The van der Waals surface area contributed by atoms with Gasteiger partial charge in [0.2, 0.25) is 15.9 Å². The molecule has 1 unspecified atom stereocenters. The summed E-state index contributed by atoms with van der Waals surface area (Å²) >= 11 is 0. The molecule has 172 valence electrons. The summed E-state index contributed by atoms with van der Waals surface area (Å²) in [7, 11) is -3.75. The van der Waals surface area contributed by atoms with Crippen LogP contribution in [0.5, 0.6) is 5.75 Å². The lowest BCUT2D eigenvalue weighted by atomic mass is 10.1. The first-order chi connectivity index (χ1) is 14.6. The van der Waals surface area contributed by atoms with Crippen LogP contribution in [0.25, 0.3) is 0 Å². The largest absolute Gasteiger partial charge is 0.490 e. The summed E-state index contributed by atoms with van der Waals surface area (Å²) in [6, 6.07) is 3.07. The molecule has 12 heteroatoms. The van der Waals surface area contributed by atoms with Gasteiger partial charge in [-0.15, -0.1) is 0 Å². The molecule has 1 aliphatic carbocycles. The fourth-order valence-corrected chi connectivity index (χ4v) is 4.27. The van der Waals surface area contributed by atoms with E-state index in [1.54, 1.807) is 6.92 Å². The Bertz CT molecular complexity index is 924. The molecule has 3 N–H and O–H groups in total. The highest BCUT2D eigenvalue weighted by atomic mass is 32.2. The standard InChI is InChI=1S/C19H27FN4O6S/c1-13(15-4-5-16(20)17(10-15)30-12-14-2-3-14)22-31(28,29)9-8-24(27)7-6-23-11-18(25)21-19(23)26/h4-5,10,13-14,22,27H,2-3,6-9,11-12H2,1H3,(H,21,25,26). The molecule has 1 aromatic carbocycles. The van der Waals surface area contributed by atoms with Gasteiger partial charge in [0.1, 0.15) is 6.54 Å². The molecule has 2 aliphatic rings. The van der Waals surface area contributed by atoms with Crippen LogP contribution in [0.2, 0.25) is 0 Å². The number of hydrogen-bond donors (Lipinski definition) is 3. The summed E-state index contributed by atoms with van der Waals surface area (Å²) in [5.41, 5.74) is 0.557. The minimum Gasteiger partial charge on any atom is -0.490 e. The maximum atomic E-state index is 13.9. The number of carbonyl (C=O) groups excluding carboxylic acids is 2. The molecule has 3 rings (SSSR count). The van der Waals surface area contributed by atoms with E-state index >= 15 is 0 Å². The molecule has 0 aromatic heterocycles. The molecule has 2 fully saturated rings. The quantitative estimate of drug-likeness (QED) is 0.313. The number of imide groups is 1. The highest BCUT2D eigenvalue weighted by Gasteiger charge is 2.27. The second-order valence-electron chi connectivity index (χ2n) is 7.83. The Balaban J connectivity index is 1.46. The average Bonchev–Trinajstić information content (AvgIpc) is 3.47. The zero-order chi connectivity index (χ0) is 22.6. The zero-order valence-corrected chi connectivity index (χ0v) is 18.0. The predicted molar refractivity (Wildman–Crippen MR) is 108 cm³/mol. The normalized spacial score (nSPS) is 17.9. The first-order valence-corrected chi connectivity index (χ1v) is 11.7. The molecular formula is C19H27FN4O6S. The van der Waals surface area contributed by atoms with Crippen molar-refractivity contribution in [1.82, 2.24) is 20.0 Å². The number of rotatable bonds is 12. The average molecular weight is 459 g/mol. The van der Waals surface area contributed by atoms with Gasteiger partial charge in [-0.25, -0.2) is 22.3 Å². The van der Waals surface area contributed by atoms with Crippen LogP contribution in [-0.2, 0) is 14.8 Å². The molecule has 1 saturated heterocycles. The number of amides is 3. The number of sulfonamides is 1. The van der Waals surface area contributed by atoms with Crippen LogP contribution in [0.3, 0.4) is 0 Å². The first-order valence-electron chi connectivity index (χ1n) is 10.1. The van der Waals surface area contributed by atoms with Crippen molar-refractivity contribution >= 4 is 22.0 Å². The Kier molecular flexibility index (Phi) is 7.46. The maximum absolute atomic E-state index is 13.9. The second-order valence-corrected chi connectivity index (χ2v) is 9.70. The molecule has 31 heavy (non-hydrogen) atoms. The zero-order valence-electron chi connectivity index (χ0n) is 17.2. The minimum absolute atomic E-state index is 0.00850. The van der Waals surface area contributed by atoms with E-state index in [2.05, 4.69) is 10.0 Å². The smallest absolute Gasteiger partial charge is 0.324 e. The van der Waals surface area contributed by atoms with Crippen molar-refractivity contribution in [2.24, 2.45) is 5.92 Å². The SMILES string of the molecule is CC(NS(=O)(=O)CCN(O)CCN1CC(=O)NC1=O)c1ccc(F)c(OCC2CC2)c1. The summed E-state index contributed by atoms with van der Waals surface area (Å²) in [6.07, 6.45) is 2.14. The lowest BCUT2D eigenvalue weighted by Gasteiger charge is -2.20. The second kappa shape index (κ2) is 9.90. The molecule has 1 aromatic rings. The topological polar surface area (TPSA) is 128 Å². The van der Waals surface area contributed by atoms with E-state index in [4.69, 9.17) is 4.74 Å². The number of hydrogen-bond acceptors (Lipinski definition) is 7. The van der Waals surface area contributed by atoms with E-state index in [1.165, 1.54) is 23.1 Å². The van der Waals surface area contributed by atoms with Gasteiger partial charge < -0.3 is 14.8 Å². The number of ether oxygens (including phenoxy) is 1. The Morgan fingerprint density at radius 2 is 2.10 bits per heavy atom. The highest BCUT2D eigenvalue weighted by Crippen LogP contribution is 2.31. The van der Waals surface area contributed by atoms with Crippen LogP contribution in [0.4, 0.5) is 9.18 Å².